The topological polar surface area (TPSA) is 20.2 Å². The molecule has 1 aromatic rings. The third kappa shape index (κ3) is 2.69. The van der Waals surface area contributed by atoms with E-state index in [4.69, 9.17) is 0 Å². The molecule has 1 rings (SSSR count). The Kier molecular flexibility index (Phi) is 3.39. The molecule has 0 fully saturated rings. The summed E-state index contributed by atoms with van der Waals surface area (Å²) in [7, 11) is 0. The molecule has 1 aromatic carbocycles. The molecule has 1 nitrogen and oxygen atoms in total. The summed E-state index contributed by atoms with van der Waals surface area (Å²) in [5.41, 5.74) is 1.90. The van der Waals surface area contributed by atoms with E-state index in [1.807, 2.05) is 12.1 Å². The maximum atomic E-state index is 10.2. The summed E-state index contributed by atoms with van der Waals surface area (Å²) in [5, 5.41) is 10.2. The molecule has 0 aliphatic heterocycles. The maximum Gasteiger partial charge on any atom is 0.122 e. The third-order valence-electron chi connectivity index (χ3n) is 2.55. The summed E-state index contributed by atoms with van der Waals surface area (Å²) in [6, 6.07) is 3.89. The molecule has 0 bridgehead atoms. The van der Waals surface area contributed by atoms with Crippen molar-refractivity contribution in [2.75, 3.05) is 0 Å². The average molecular weight is 224 g/mol. The number of thiol groups is 1. The first-order valence-corrected chi connectivity index (χ1v) is 5.74. The lowest BCUT2D eigenvalue weighted by molar-refractivity contribution is 0.436. The molecule has 0 amide bonds. The summed E-state index contributed by atoms with van der Waals surface area (Å²) >= 11 is 4.39. The molecular weight excluding hydrogens is 204 g/mol. The van der Waals surface area contributed by atoms with E-state index < -0.39 is 0 Å². The minimum absolute atomic E-state index is 0.0491. The second kappa shape index (κ2) is 4.09. The normalized spacial score (nSPS) is 12.2. The van der Waals surface area contributed by atoms with Gasteiger partial charge in [-0.05, 0) is 29.0 Å². The predicted molar refractivity (Wildman–Crippen MR) is 68.1 cm³/mol. The molecule has 0 aromatic heterocycles. The Hall–Kier alpha value is -0.630. The van der Waals surface area contributed by atoms with Crippen LogP contribution in [0, 0.1) is 0 Å². The predicted octanol–water partition coefficient (Wildman–Crippen LogP) is 4.10. The molecule has 0 saturated heterocycles. The van der Waals surface area contributed by atoms with Gasteiger partial charge < -0.3 is 5.11 Å². The fourth-order valence-corrected chi connectivity index (χ4v) is 1.92. The van der Waals surface area contributed by atoms with Gasteiger partial charge in [-0.15, -0.1) is 12.6 Å². The Morgan fingerprint density at radius 3 is 2.13 bits per heavy atom. The van der Waals surface area contributed by atoms with Crippen molar-refractivity contribution in [1.29, 1.82) is 0 Å². The fraction of sp³-hybridized carbons (Fsp3) is 0.538. The number of phenolic OH excluding ortho intramolecular Hbond substituents is 1. The van der Waals surface area contributed by atoms with Crippen LogP contribution >= 0.6 is 12.6 Å². The van der Waals surface area contributed by atoms with Gasteiger partial charge in [-0.2, -0.15) is 0 Å². The lowest BCUT2D eigenvalue weighted by Gasteiger charge is -2.23. The Morgan fingerprint density at radius 1 is 1.20 bits per heavy atom. The number of aromatic hydroxyl groups is 1. The van der Waals surface area contributed by atoms with Gasteiger partial charge in [0.05, 0.1) is 0 Å². The molecule has 0 unspecified atom stereocenters. The Labute approximate surface area is 97.9 Å². The molecular formula is C13H20OS. The van der Waals surface area contributed by atoms with Crippen molar-refractivity contribution in [1.82, 2.24) is 0 Å². The van der Waals surface area contributed by atoms with Crippen LogP contribution in [-0.2, 0) is 5.41 Å². The lowest BCUT2D eigenvalue weighted by atomic mass is 9.84. The van der Waals surface area contributed by atoms with E-state index in [0.29, 0.717) is 11.7 Å². The number of hydrogen-bond acceptors (Lipinski definition) is 2. The molecule has 1 N–H and O–H groups in total. The van der Waals surface area contributed by atoms with Crippen molar-refractivity contribution in [3.05, 3.63) is 23.3 Å². The van der Waals surface area contributed by atoms with Crippen molar-refractivity contribution in [3.8, 4) is 5.75 Å². The van der Waals surface area contributed by atoms with Gasteiger partial charge in [-0.3, -0.25) is 0 Å². The molecule has 0 aliphatic carbocycles. The Morgan fingerprint density at radius 2 is 1.73 bits per heavy atom. The van der Waals surface area contributed by atoms with E-state index in [9.17, 15) is 5.11 Å². The van der Waals surface area contributed by atoms with Crippen molar-refractivity contribution in [2.45, 2.75) is 50.8 Å². The molecule has 0 radical (unpaired) electrons. The Bertz CT molecular complexity index is 362. The molecule has 0 saturated carbocycles. The lowest BCUT2D eigenvalue weighted by Crippen LogP contribution is -2.12. The van der Waals surface area contributed by atoms with Crippen molar-refractivity contribution in [2.24, 2.45) is 0 Å². The number of rotatable bonds is 1. The van der Waals surface area contributed by atoms with Gasteiger partial charge >= 0.3 is 0 Å². The standard InChI is InChI=1S/C13H20OS/c1-8(2)10-6-9(15)7-11(12(10)14)13(3,4)5/h6-8,14-15H,1-5H3. The second-order valence-corrected chi connectivity index (χ2v) is 5.85. The first-order valence-electron chi connectivity index (χ1n) is 5.30. The molecule has 0 atom stereocenters. The first-order chi connectivity index (χ1) is 6.73. The van der Waals surface area contributed by atoms with Crippen LogP contribution in [0.4, 0.5) is 0 Å². The van der Waals surface area contributed by atoms with E-state index in [0.717, 1.165) is 16.0 Å². The maximum absolute atomic E-state index is 10.2. The summed E-state index contributed by atoms with van der Waals surface area (Å²) in [5.74, 6) is 0.744. The van der Waals surface area contributed by atoms with Gasteiger partial charge in [0.15, 0.2) is 0 Å². The van der Waals surface area contributed by atoms with E-state index >= 15 is 0 Å². The third-order valence-corrected chi connectivity index (χ3v) is 2.81. The summed E-state index contributed by atoms with van der Waals surface area (Å²) in [4.78, 5) is 0.918. The summed E-state index contributed by atoms with van der Waals surface area (Å²) in [6.07, 6.45) is 0. The van der Waals surface area contributed by atoms with E-state index in [2.05, 4.69) is 47.2 Å². The zero-order valence-corrected chi connectivity index (χ0v) is 11.0. The van der Waals surface area contributed by atoms with E-state index in [1.54, 1.807) is 0 Å². The minimum atomic E-state index is -0.0491. The molecule has 84 valence electrons. The van der Waals surface area contributed by atoms with Crippen LogP contribution in [0.25, 0.3) is 0 Å². The molecule has 0 aliphatic rings. The highest BCUT2D eigenvalue weighted by Gasteiger charge is 2.21. The van der Waals surface area contributed by atoms with Crippen LogP contribution in [0.15, 0.2) is 17.0 Å². The van der Waals surface area contributed by atoms with Gasteiger partial charge in [-0.25, -0.2) is 0 Å². The Balaban J connectivity index is 3.42. The SMILES string of the molecule is CC(C)c1cc(S)cc(C(C)(C)C)c1O. The average Bonchev–Trinajstić information content (AvgIpc) is 2.06. The number of hydrogen-bond donors (Lipinski definition) is 2. The van der Waals surface area contributed by atoms with Crippen LogP contribution in [0.1, 0.15) is 51.7 Å². The van der Waals surface area contributed by atoms with Gasteiger partial charge in [0.2, 0.25) is 0 Å². The van der Waals surface area contributed by atoms with Crippen molar-refractivity contribution >= 4 is 12.6 Å². The highest BCUT2D eigenvalue weighted by atomic mass is 32.1. The van der Waals surface area contributed by atoms with Gasteiger partial charge in [0.1, 0.15) is 5.75 Å². The molecule has 2 heteroatoms. The number of benzene rings is 1. The highest BCUT2D eigenvalue weighted by molar-refractivity contribution is 7.80. The van der Waals surface area contributed by atoms with E-state index in [-0.39, 0.29) is 5.41 Å². The van der Waals surface area contributed by atoms with E-state index in [1.165, 1.54) is 0 Å². The molecule has 0 heterocycles. The molecule has 15 heavy (non-hydrogen) atoms. The first kappa shape index (κ1) is 12.4. The quantitative estimate of drug-likeness (QED) is 0.688. The van der Waals surface area contributed by atoms with Gasteiger partial charge in [-0.1, -0.05) is 34.6 Å². The van der Waals surface area contributed by atoms with Crippen LogP contribution in [0.3, 0.4) is 0 Å². The van der Waals surface area contributed by atoms with Crippen LogP contribution in [0.5, 0.6) is 5.75 Å². The largest absolute Gasteiger partial charge is 0.507 e. The zero-order chi connectivity index (χ0) is 11.8. The van der Waals surface area contributed by atoms with Crippen LogP contribution in [-0.4, -0.2) is 5.11 Å². The fourth-order valence-electron chi connectivity index (χ4n) is 1.65. The molecule has 0 spiro atoms. The highest BCUT2D eigenvalue weighted by Crippen LogP contribution is 2.38. The summed E-state index contributed by atoms with van der Waals surface area (Å²) < 4.78 is 0. The smallest absolute Gasteiger partial charge is 0.122 e. The van der Waals surface area contributed by atoms with Crippen LogP contribution in [0.2, 0.25) is 0 Å². The number of phenols is 1. The van der Waals surface area contributed by atoms with Crippen molar-refractivity contribution < 1.29 is 5.11 Å². The summed E-state index contributed by atoms with van der Waals surface area (Å²) in [6.45, 7) is 10.4. The minimum Gasteiger partial charge on any atom is -0.507 e. The van der Waals surface area contributed by atoms with Crippen molar-refractivity contribution in [3.63, 3.8) is 0 Å². The van der Waals surface area contributed by atoms with Crippen LogP contribution < -0.4 is 0 Å². The second-order valence-electron chi connectivity index (χ2n) is 5.34. The van der Waals surface area contributed by atoms with Gasteiger partial charge in [0, 0.05) is 10.5 Å². The van der Waals surface area contributed by atoms with Gasteiger partial charge in [0.25, 0.3) is 0 Å². The zero-order valence-electron chi connectivity index (χ0n) is 10.1. The monoisotopic (exact) mass is 224 g/mol.